The number of ether oxygens (including phenoxy) is 1. The second kappa shape index (κ2) is 6.82. The molecule has 2 fully saturated rings. The average molecular weight is 374 g/mol. The Morgan fingerprint density at radius 1 is 1.07 bits per heavy atom. The molecule has 0 radical (unpaired) electrons. The van der Waals surface area contributed by atoms with Crippen LogP contribution in [-0.2, 0) is 20.7 Å². The molecule has 1 amide bonds. The number of benzene rings is 2. The quantitative estimate of drug-likeness (QED) is 0.712. The summed E-state index contributed by atoms with van der Waals surface area (Å²) in [5.41, 5.74) is 4.47. The molecule has 2 aliphatic heterocycles. The summed E-state index contributed by atoms with van der Waals surface area (Å²) in [7, 11) is 0. The molecule has 1 aromatic heterocycles. The van der Waals surface area contributed by atoms with Crippen molar-refractivity contribution in [3.8, 4) is 11.3 Å². The van der Waals surface area contributed by atoms with Crippen LogP contribution in [0.4, 0.5) is 0 Å². The molecular weight excluding hydrogens is 352 g/mol. The monoisotopic (exact) mass is 374 g/mol. The van der Waals surface area contributed by atoms with E-state index in [1.54, 1.807) is 0 Å². The molecule has 0 unspecified atom stereocenters. The predicted molar refractivity (Wildman–Crippen MR) is 107 cm³/mol. The normalized spacial score (nSPS) is 21.1. The molecule has 5 nitrogen and oxygen atoms in total. The van der Waals surface area contributed by atoms with E-state index in [9.17, 15) is 9.59 Å². The molecule has 0 aliphatic carbocycles. The van der Waals surface area contributed by atoms with E-state index in [2.05, 4.69) is 29.2 Å². The number of H-pyrrole nitrogens is 1. The Hall–Kier alpha value is -3.08. The van der Waals surface area contributed by atoms with Gasteiger partial charge in [-0.15, -0.1) is 0 Å². The maximum atomic E-state index is 12.8. The predicted octanol–water partition coefficient (Wildman–Crippen LogP) is 3.40. The molecular formula is C23H22N2O3. The summed E-state index contributed by atoms with van der Waals surface area (Å²) in [5, 5.41) is 1.16. The first-order chi connectivity index (χ1) is 13.7. The van der Waals surface area contributed by atoms with Gasteiger partial charge in [0.25, 0.3) is 0 Å². The summed E-state index contributed by atoms with van der Waals surface area (Å²) >= 11 is 0. The third-order valence-corrected chi connectivity index (χ3v) is 6.00. The lowest BCUT2D eigenvalue weighted by Gasteiger charge is -2.17. The maximum absolute atomic E-state index is 12.8. The highest BCUT2D eigenvalue weighted by Gasteiger charge is 2.45. The fourth-order valence-electron chi connectivity index (χ4n) is 4.51. The number of likely N-dealkylation sites (tertiary alicyclic amines) is 1. The van der Waals surface area contributed by atoms with E-state index < -0.39 is 0 Å². The minimum Gasteiger partial charge on any atom is -0.465 e. The van der Waals surface area contributed by atoms with E-state index in [1.165, 1.54) is 5.56 Å². The molecule has 5 heteroatoms. The van der Waals surface area contributed by atoms with Crippen LogP contribution in [0.15, 0.2) is 54.6 Å². The lowest BCUT2D eigenvalue weighted by Crippen LogP contribution is -2.31. The van der Waals surface area contributed by atoms with Gasteiger partial charge >= 0.3 is 5.97 Å². The first-order valence-corrected chi connectivity index (χ1v) is 9.80. The number of hydrogen-bond acceptors (Lipinski definition) is 3. The van der Waals surface area contributed by atoms with Crippen LogP contribution < -0.4 is 0 Å². The summed E-state index contributed by atoms with van der Waals surface area (Å²) in [4.78, 5) is 29.9. The third kappa shape index (κ3) is 2.87. The van der Waals surface area contributed by atoms with Crippen molar-refractivity contribution in [2.75, 3.05) is 19.7 Å². The standard InChI is InChI=1S/C23H22N2O3/c26-21(25-12-16-14-28-23(27)19(16)13-25)11-10-18-17-8-4-5-9-20(17)24-22(18)15-6-2-1-3-7-15/h1-9,16,19,24H,10-14H2/t16-,19-/m1/s1. The first kappa shape index (κ1) is 17.0. The highest BCUT2D eigenvalue weighted by atomic mass is 16.5. The Bertz CT molecular complexity index is 1040. The third-order valence-electron chi connectivity index (χ3n) is 6.00. The van der Waals surface area contributed by atoms with Gasteiger partial charge in [-0.05, 0) is 23.6 Å². The van der Waals surface area contributed by atoms with E-state index >= 15 is 0 Å². The van der Waals surface area contributed by atoms with Gasteiger partial charge in [0.05, 0.1) is 12.5 Å². The molecule has 0 bridgehead atoms. The number of fused-ring (bicyclic) bond motifs is 2. The number of hydrogen-bond donors (Lipinski definition) is 1. The van der Waals surface area contributed by atoms with Crippen molar-refractivity contribution in [1.82, 2.24) is 9.88 Å². The minimum atomic E-state index is -0.150. The van der Waals surface area contributed by atoms with Crippen molar-refractivity contribution in [3.63, 3.8) is 0 Å². The van der Waals surface area contributed by atoms with Gasteiger partial charge in [-0.25, -0.2) is 0 Å². The summed E-state index contributed by atoms with van der Waals surface area (Å²) in [6.07, 6.45) is 1.11. The van der Waals surface area contributed by atoms with Crippen molar-refractivity contribution in [2.24, 2.45) is 11.8 Å². The van der Waals surface area contributed by atoms with Crippen molar-refractivity contribution in [1.29, 1.82) is 0 Å². The molecule has 3 heterocycles. The van der Waals surface area contributed by atoms with E-state index in [4.69, 9.17) is 4.74 Å². The molecule has 2 aromatic carbocycles. The number of rotatable bonds is 4. The summed E-state index contributed by atoms with van der Waals surface area (Å²) < 4.78 is 5.10. The lowest BCUT2D eigenvalue weighted by atomic mass is 10.0. The molecule has 2 atom stereocenters. The molecule has 2 aliphatic rings. The lowest BCUT2D eigenvalue weighted by molar-refractivity contribution is -0.142. The van der Waals surface area contributed by atoms with Crippen LogP contribution in [-0.4, -0.2) is 41.5 Å². The van der Waals surface area contributed by atoms with Crippen LogP contribution >= 0.6 is 0 Å². The summed E-state index contributed by atoms with van der Waals surface area (Å²) in [6, 6.07) is 18.5. The van der Waals surface area contributed by atoms with Gasteiger partial charge < -0.3 is 14.6 Å². The maximum Gasteiger partial charge on any atom is 0.311 e. The van der Waals surface area contributed by atoms with E-state index in [0.29, 0.717) is 32.5 Å². The number of carbonyl (C=O) groups excluding carboxylic acids is 2. The number of nitrogens with one attached hydrogen (secondary N) is 1. The molecule has 0 saturated carbocycles. The molecule has 1 N–H and O–H groups in total. The Morgan fingerprint density at radius 3 is 2.68 bits per heavy atom. The van der Waals surface area contributed by atoms with Gasteiger partial charge in [0.15, 0.2) is 0 Å². The van der Waals surface area contributed by atoms with Crippen molar-refractivity contribution >= 4 is 22.8 Å². The van der Waals surface area contributed by atoms with Gasteiger partial charge in [-0.1, -0.05) is 48.5 Å². The number of aryl methyl sites for hydroxylation is 1. The van der Waals surface area contributed by atoms with Crippen molar-refractivity contribution in [2.45, 2.75) is 12.8 Å². The second-order valence-corrected chi connectivity index (χ2v) is 7.69. The smallest absolute Gasteiger partial charge is 0.311 e. The topological polar surface area (TPSA) is 62.4 Å². The van der Waals surface area contributed by atoms with E-state index in [1.807, 2.05) is 35.2 Å². The summed E-state index contributed by atoms with van der Waals surface area (Å²) in [5.74, 6) is 0.0103. The molecule has 2 saturated heterocycles. The Balaban J connectivity index is 1.38. The zero-order valence-electron chi connectivity index (χ0n) is 15.6. The molecule has 3 aromatic rings. The fourth-order valence-corrected chi connectivity index (χ4v) is 4.51. The Labute approximate surface area is 163 Å². The molecule has 5 rings (SSSR count). The number of aromatic amines is 1. The molecule has 142 valence electrons. The molecule has 0 spiro atoms. The number of esters is 1. The van der Waals surface area contributed by atoms with Gasteiger partial charge in [0.2, 0.25) is 5.91 Å². The highest BCUT2D eigenvalue weighted by molar-refractivity contribution is 5.91. The minimum absolute atomic E-state index is 0.117. The van der Waals surface area contributed by atoms with Gasteiger partial charge in [0.1, 0.15) is 0 Å². The zero-order valence-corrected chi connectivity index (χ0v) is 15.6. The number of cyclic esters (lactones) is 1. The largest absolute Gasteiger partial charge is 0.465 e. The van der Waals surface area contributed by atoms with Crippen LogP contribution in [0.1, 0.15) is 12.0 Å². The van der Waals surface area contributed by atoms with Gasteiger partial charge in [-0.2, -0.15) is 0 Å². The van der Waals surface area contributed by atoms with Crippen LogP contribution in [0, 0.1) is 11.8 Å². The number of nitrogens with zero attached hydrogens (tertiary/aromatic N) is 1. The van der Waals surface area contributed by atoms with Crippen molar-refractivity contribution < 1.29 is 14.3 Å². The van der Waals surface area contributed by atoms with Crippen LogP contribution in [0.3, 0.4) is 0 Å². The molecule has 28 heavy (non-hydrogen) atoms. The zero-order chi connectivity index (χ0) is 19.1. The number of carbonyl (C=O) groups is 2. The Morgan fingerprint density at radius 2 is 1.86 bits per heavy atom. The average Bonchev–Trinajstić information content (AvgIpc) is 3.41. The van der Waals surface area contributed by atoms with Crippen molar-refractivity contribution in [3.05, 3.63) is 60.2 Å². The summed E-state index contributed by atoms with van der Waals surface area (Å²) in [6.45, 7) is 1.59. The fraction of sp³-hybridized carbons (Fsp3) is 0.304. The van der Waals surface area contributed by atoms with E-state index in [0.717, 1.165) is 22.2 Å². The van der Waals surface area contributed by atoms with Crippen LogP contribution in [0.5, 0.6) is 0 Å². The number of amides is 1. The van der Waals surface area contributed by atoms with Gasteiger partial charge in [0, 0.05) is 42.0 Å². The highest BCUT2D eigenvalue weighted by Crippen LogP contribution is 2.33. The first-order valence-electron chi connectivity index (χ1n) is 9.80. The SMILES string of the molecule is O=C1OC[C@H]2CN(C(=O)CCc3c(-c4ccccc4)[nH]c4ccccc34)C[C@@H]12. The van der Waals surface area contributed by atoms with E-state index in [-0.39, 0.29) is 23.7 Å². The van der Waals surface area contributed by atoms with Crippen LogP contribution in [0.2, 0.25) is 0 Å². The Kier molecular flexibility index (Phi) is 4.15. The van der Waals surface area contributed by atoms with Gasteiger partial charge in [-0.3, -0.25) is 9.59 Å². The van der Waals surface area contributed by atoms with Crippen LogP contribution in [0.25, 0.3) is 22.2 Å². The number of aromatic nitrogens is 1. The number of para-hydroxylation sites is 1. The second-order valence-electron chi connectivity index (χ2n) is 7.69.